The fourth-order valence-electron chi connectivity index (χ4n) is 3.83. The highest BCUT2D eigenvalue weighted by Gasteiger charge is 2.28. The molecule has 0 aliphatic carbocycles. The van der Waals surface area contributed by atoms with Crippen molar-refractivity contribution in [2.24, 2.45) is 0 Å². The molecule has 0 unspecified atom stereocenters. The molecule has 11 nitrogen and oxygen atoms in total. The maximum absolute atomic E-state index is 12.7. The summed E-state index contributed by atoms with van der Waals surface area (Å²) in [4.78, 5) is 32.9. The highest BCUT2D eigenvalue weighted by atomic mass is 16.5. The van der Waals surface area contributed by atoms with Crippen LogP contribution in [0.3, 0.4) is 0 Å². The van der Waals surface area contributed by atoms with Gasteiger partial charge in [0, 0.05) is 31.7 Å². The topological polar surface area (TPSA) is 141 Å². The third-order valence-electron chi connectivity index (χ3n) is 5.62. The minimum absolute atomic E-state index is 0.152. The Morgan fingerprint density at radius 1 is 1.11 bits per heavy atom. The average molecular weight is 472 g/mol. The molecule has 0 bridgehead atoms. The van der Waals surface area contributed by atoms with Crippen molar-refractivity contribution in [3.05, 3.63) is 66.2 Å². The Morgan fingerprint density at radius 3 is 2.63 bits per heavy atom. The third-order valence-corrected chi connectivity index (χ3v) is 5.62. The summed E-state index contributed by atoms with van der Waals surface area (Å²) >= 11 is 0. The van der Waals surface area contributed by atoms with E-state index < -0.39 is 5.97 Å². The Kier molecular flexibility index (Phi) is 6.00. The monoisotopic (exact) mass is 472 g/mol. The molecule has 1 aliphatic rings. The molecule has 3 aromatic heterocycles. The maximum atomic E-state index is 12.7. The summed E-state index contributed by atoms with van der Waals surface area (Å²) in [6.45, 7) is 1.23. The number of anilines is 1. The van der Waals surface area contributed by atoms with Crippen molar-refractivity contribution in [1.29, 1.82) is 5.26 Å². The Bertz CT molecular complexity index is 1360. The number of aromatic nitrogens is 3. The van der Waals surface area contributed by atoms with E-state index in [2.05, 4.69) is 15.2 Å². The lowest BCUT2D eigenvalue weighted by molar-refractivity contribution is -0.134. The van der Waals surface area contributed by atoms with Gasteiger partial charge in [-0.1, -0.05) is 30.3 Å². The van der Waals surface area contributed by atoms with Gasteiger partial charge in [0.15, 0.2) is 12.4 Å². The summed E-state index contributed by atoms with van der Waals surface area (Å²) in [6, 6.07) is 14.7. The molecular formula is C24H20N6O5. The average Bonchev–Trinajstić information content (AvgIpc) is 3.68. The van der Waals surface area contributed by atoms with Crippen LogP contribution in [0.2, 0.25) is 0 Å². The van der Waals surface area contributed by atoms with Gasteiger partial charge < -0.3 is 23.4 Å². The van der Waals surface area contributed by atoms with Gasteiger partial charge in [-0.2, -0.15) is 15.3 Å². The summed E-state index contributed by atoms with van der Waals surface area (Å²) in [5, 5.41) is 16.2. The van der Waals surface area contributed by atoms with Crippen LogP contribution in [0.15, 0.2) is 63.8 Å². The van der Waals surface area contributed by atoms with Gasteiger partial charge in [0.2, 0.25) is 11.6 Å². The van der Waals surface area contributed by atoms with Gasteiger partial charge in [-0.05, 0) is 12.1 Å². The van der Waals surface area contributed by atoms with Crippen LogP contribution in [0.1, 0.15) is 16.1 Å². The first-order chi connectivity index (χ1) is 17.1. The van der Waals surface area contributed by atoms with Gasteiger partial charge in [-0.3, -0.25) is 9.89 Å². The predicted octanol–water partition coefficient (Wildman–Crippen LogP) is 2.70. The number of benzene rings is 1. The lowest BCUT2D eigenvalue weighted by Crippen LogP contribution is -2.50. The number of nitrogens with zero attached hydrogens (tertiary/aromatic N) is 5. The molecule has 11 heteroatoms. The summed E-state index contributed by atoms with van der Waals surface area (Å²) in [7, 11) is 0. The van der Waals surface area contributed by atoms with Crippen molar-refractivity contribution in [1.82, 2.24) is 20.1 Å². The molecule has 4 aromatic rings. The fraction of sp³-hybridized carbons (Fsp3) is 0.208. The second kappa shape index (κ2) is 9.56. The molecular weight excluding hydrogens is 452 g/mol. The van der Waals surface area contributed by atoms with Crippen LogP contribution in [0.5, 0.6) is 0 Å². The minimum Gasteiger partial charge on any atom is -0.459 e. The molecule has 0 saturated carbocycles. The summed E-state index contributed by atoms with van der Waals surface area (Å²) in [6.07, 6.45) is 2.88. The number of rotatable bonds is 6. The zero-order chi connectivity index (χ0) is 24.2. The van der Waals surface area contributed by atoms with Gasteiger partial charge in [-0.25, -0.2) is 4.79 Å². The number of hydrogen-bond donors (Lipinski definition) is 1. The van der Waals surface area contributed by atoms with Crippen LogP contribution in [0, 0.1) is 11.3 Å². The lowest BCUT2D eigenvalue weighted by atomic mass is 10.1. The normalized spacial score (nSPS) is 13.5. The highest BCUT2D eigenvalue weighted by molar-refractivity contribution is 5.97. The number of carbonyl (C=O) groups excluding carboxylic acids is 2. The first-order valence-electron chi connectivity index (χ1n) is 10.9. The molecule has 5 rings (SSSR count). The van der Waals surface area contributed by atoms with Crippen molar-refractivity contribution in [3.63, 3.8) is 0 Å². The van der Waals surface area contributed by atoms with E-state index in [1.165, 1.54) is 12.5 Å². The number of H-pyrrole nitrogens is 1. The molecule has 1 N–H and O–H groups in total. The number of esters is 1. The molecule has 1 aliphatic heterocycles. The quantitative estimate of drug-likeness (QED) is 0.419. The molecule has 176 valence electrons. The van der Waals surface area contributed by atoms with Gasteiger partial charge in [0.05, 0.1) is 18.2 Å². The van der Waals surface area contributed by atoms with E-state index in [1.54, 1.807) is 17.0 Å². The Morgan fingerprint density at radius 2 is 1.91 bits per heavy atom. The van der Waals surface area contributed by atoms with Crippen LogP contribution in [-0.4, -0.2) is 64.7 Å². The number of carbonyl (C=O) groups is 2. The molecule has 1 amide bonds. The summed E-state index contributed by atoms with van der Waals surface area (Å²) in [5.74, 6) is 0.0517. The summed E-state index contributed by atoms with van der Waals surface area (Å²) < 4.78 is 16.3. The molecule has 0 atom stereocenters. The van der Waals surface area contributed by atoms with E-state index in [-0.39, 0.29) is 29.7 Å². The number of amides is 1. The molecule has 1 fully saturated rings. The van der Waals surface area contributed by atoms with Gasteiger partial charge in [0.1, 0.15) is 11.6 Å². The van der Waals surface area contributed by atoms with Crippen molar-refractivity contribution in [3.8, 4) is 29.0 Å². The first kappa shape index (κ1) is 22.0. The number of furan rings is 1. The second-order valence-electron chi connectivity index (χ2n) is 7.73. The van der Waals surface area contributed by atoms with Crippen LogP contribution in [0.25, 0.3) is 22.9 Å². The third kappa shape index (κ3) is 4.49. The number of aromatic amines is 1. The standard InChI is InChI=1S/C24H20N6O5/c25-13-18-23(35-22(27-18)19-7-4-12-33-19)30-10-8-29(9-11-30)20(31)15-34-24(32)17-14-26-28-21(17)16-5-2-1-3-6-16/h1-7,12,14H,8-11,15H2,(H,26,28). The SMILES string of the molecule is N#Cc1nc(-c2ccco2)oc1N1CCN(C(=O)COC(=O)c2cn[nH]c2-c2ccccc2)CC1. The number of piperazine rings is 1. The molecule has 35 heavy (non-hydrogen) atoms. The number of ether oxygens (including phenoxy) is 1. The van der Waals surface area contributed by atoms with Crippen molar-refractivity contribution in [2.45, 2.75) is 0 Å². The molecule has 1 aromatic carbocycles. The maximum Gasteiger partial charge on any atom is 0.342 e. The van der Waals surface area contributed by atoms with Crippen molar-refractivity contribution < 1.29 is 23.2 Å². The largest absolute Gasteiger partial charge is 0.459 e. The smallest absolute Gasteiger partial charge is 0.342 e. The van der Waals surface area contributed by atoms with Gasteiger partial charge >= 0.3 is 5.97 Å². The van der Waals surface area contributed by atoms with Crippen LogP contribution in [0.4, 0.5) is 5.88 Å². The Hall–Kier alpha value is -4.85. The van der Waals surface area contributed by atoms with Gasteiger partial charge in [-0.15, -0.1) is 0 Å². The van der Waals surface area contributed by atoms with Crippen LogP contribution in [-0.2, 0) is 9.53 Å². The van der Waals surface area contributed by atoms with E-state index in [0.29, 0.717) is 43.5 Å². The zero-order valence-electron chi connectivity index (χ0n) is 18.5. The minimum atomic E-state index is -0.629. The lowest BCUT2D eigenvalue weighted by Gasteiger charge is -2.34. The van der Waals surface area contributed by atoms with E-state index in [0.717, 1.165) is 5.56 Å². The van der Waals surface area contributed by atoms with E-state index in [4.69, 9.17) is 13.6 Å². The molecule has 1 saturated heterocycles. The van der Waals surface area contributed by atoms with Crippen LogP contribution < -0.4 is 4.90 Å². The van der Waals surface area contributed by atoms with E-state index in [9.17, 15) is 14.9 Å². The molecule has 0 radical (unpaired) electrons. The summed E-state index contributed by atoms with van der Waals surface area (Å²) in [5.41, 5.74) is 1.74. The number of nitriles is 1. The molecule has 0 spiro atoms. The van der Waals surface area contributed by atoms with E-state index >= 15 is 0 Å². The second-order valence-corrected chi connectivity index (χ2v) is 7.73. The Balaban J connectivity index is 1.17. The predicted molar refractivity (Wildman–Crippen MR) is 122 cm³/mol. The fourth-order valence-corrected chi connectivity index (χ4v) is 3.83. The van der Waals surface area contributed by atoms with Crippen molar-refractivity contribution >= 4 is 17.8 Å². The highest BCUT2D eigenvalue weighted by Crippen LogP contribution is 2.29. The number of oxazole rings is 1. The van der Waals surface area contributed by atoms with Crippen LogP contribution >= 0.6 is 0 Å². The number of hydrogen-bond acceptors (Lipinski definition) is 9. The molecule has 4 heterocycles. The van der Waals surface area contributed by atoms with Crippen molar-refractivity contribution in [2.75, 3.05) is 37.7 Å². The van der Waals surface area contributed by atoms with Gasteiger partial charge in [0.25, 0.3) is 11.8 Å². The van der Waals surface area contributed by atoms with E-state index in [1.807, 2.05) is 41.3 Å². The zero-order valence-corrected chi connectivity index (χ0v) is 18.5. The number of nitrogens with one attached hydrogen (secondary N) is 1. The Labute approximate surface area is 199 Å². The first-order valence-corrected chi connectivity index (χ1v) is 10.9.